The molecule has 0 spiro atoms. The molecule has 0 fully saturated rings. The Morgan fingerprint density at radius 2 is 1.76 bits per heavy atom. The number of benzene rings is 2. The first kappa shape index (κ1) is 12.9. The standard InChI is InChI=1S/C18H19NO2/c1-21-15-7-6-12-8-17(18(20)16(12)9-15)19-10-13-4-2-3-5-14(13)11-19/h2-7,9,17-18,20H,8,10-11H2,1H3. The van der Waals surface area contributed by atoms with Crippen molar-refractivity contribution >= 4 is 0 Å². The smallest absolute Gasteiger partial charge is 0.119 e. The van der Waals surface area contributed by atoms with Crippen LogP contribution in [0.15, 0.2) is 42.5 Å². The summed E-state index contributed by atoms with van der Waals surface area (Å²) in [5.74, 6) is 0.818. The molecule has 4 rings (SSSR count). The molecule has 0 amide bonds. The van der Waals surface area contributed by atoms with Crippen LogP contribution < -0.4 is 4.74 Å². The molecule has 2 atom stereocenters. The molecule has 0 radical (unpaired) electrons. The average Bonchev–Trinajstić information content (AvgIpc) is 3.08. The average molecular weight is 281 g/mol. The van der Waals surface area contributed by atoms with Crippen molar-refractivity contribution in [3.05, 3.63) is 64.7 Å². The number of methoxy groups -OCH3 is 1. The molecule has 2 aromatic rings. The van der Waals surface area contributed by atoms with Crippen LogP contribution in [0.3, 0.4) is 0 Å². The lowest BCUT2D eigenvalue weighted by atomic mass is 10.1. The van der Waals surface area contributed by atoms with Crippen LogP contribution in [0, 0.1) is 0 Å². The summed E-state index contributed by atoms with van der Waals surface area (Å²) in [6, 6.07) is 14.8. The van der Waals surface area contributed by atoms with Crippen molar-refractivity contribution in [2.24, 2.45) is 0 Å². The quantitative estimate of drug-likeness (QED) is 0.918. The minimum atomic E-state index is -0.426. The largest absolute Gasteiger partial charge is 0.497 e. The van der Waals surface area contributed by atoms with E-state index in [2.05, 4.69) is 35.2 Å². The maximum absolute atomic E-state index is 10.7. The molecule has 2 aliphatic rings. The summed E-state index contributed by atoms with van der Waals surface area (Å²) in [4.78, 5) is 2.39. The molecule has 2 unspecified atom stereocenters. The third-order valence-corrected chi connectivity index (χ3v) is 4.80. The van der Waals surface area contributed by atoms with Gasteiger partial charge in [0.2, 0.25) is 0 Å². The number of hydrogen-bond donors (Lipinski definition) is 1. The monoisotopic (exact) mass is 281 g/mol. The van der Waals surface area contributed by atoms with Gasteiger partial charge in [0.1, 0.15) is 5.75 Å². The van der Waals surface area contributed by atoms with Crippen molar-refractivity contribution in [2.45, 2.75) is 31.7 Å². The van der Waals surface area contributed by atoms with E-state index in [1.165, 1.54) is 16.7 Å². The second-order valence-corrected chi connectivity index (χ2v) is 5.95. The van der Waals surface area contributed by atoms with Gasteiger partial charge in [-0.15, -0.1) is 0 Å². The van der Waals surface area contributed by atoms with Crippen molar-refractivity contribution in [2.75, 3.05) is 7.11 Å². The zero-order chi connectivity index (χ0) is 14.4. The van der Waals surface area contributed by atoms with Gasteiger partial charge in [0.05, 0.1) is 13.2 Å². The number of aliphatic hydroxyl groups excluding tert-OH is 1. The predicted molar refractivity (Wildman–Crippen MR) is 81.1 cm³/mol. The van der Waals surface area contributed by atoms with Crippen LogP contribution >= 0.6 is 0 Å². The molecule has 2 aromatic carbocycles. The van der Waals surface area contributed by atoms with Crippen LogP contribution in [0.1, 0.15) is 28.4 Å². The van der Waals surface area contributed by atoms with Gasteiger partial charge in [-0.2, -0.15) is 0 Å². The number of rotatable bonds is 2. The van der Waals surface area contributed by atoms with Gasteiger partial charge in [-0.25, -0.2) is 0 Å². The van der Waals surface area contributed by atoms with E-state index in [1.807, 2.05) is 12.1 Å². The molecule has 0 saturated carbocycles. The van der Waals surface area contributed by atoms with Gasteiger partial charge in [-0.1, -0.05) is 30.3 Å². The molecule has 0 bridgehead atoms. The molecule has 1 aliphatic heterocycles. The van der Waals surface area contributed by atoms with E-state index < -0.39 is 6.10 Å². The molecule has 0 saturated heterocycles. The fourth-order valence-electron chi connectivity index (χ4n) is 3.63. The van der Waals surface area contributed by atoms with E-state index in [0.29, 0.717) is 0 Å². The highest BCUT2D eigenvalue weighted by Crippen LogP contribution is 2.39. The summed E-state index contributed by atoms with van der Waals surface area (Å²) in [5.41, 5.74) is 5.04. The van der Waals surface area contributed by atoms with Gasteiger partial charge in [-0.3, -0.25) is 4.90 Å². The number of fused-ring (bicyclic) bond motifs is 2. The zero-order valence-electron chi connectivity index (χ0n) is 12.1. The number of nitrogens with zero attached hydrogens (tertiary/aromatic N) is 1. The van der Waals surface area contributed by atoms with Crippen LogP contribution in [0.2, 0.25) is 0 Å². The Balaban J connectivity index is 1.59. The zero-order valence-corrected chi connectivity index (χ0v) is 12.1. The van der Waals surface area contributed by atoms with Gasteiger partial charge in [0.25, 0.3) is 0 Å². The lowest BCUT2D eigenvalue weighted by Crippen LogP contribution is -2.34. The van der Waals surface area contributed by atoms with E-state index in [9.17, 15) is 5.11 Å². The second-order valence-electron chi connectivity index (χ2n) is 5.95. The third-order valence-electron chi connectivity index (χ3n) is 4.80. The van der Waals surface area contributed by atoms with E-state index in [4.69, 9.17) is 4.74 Å². The highest BCUT2D eigenvalue weighted by atomic mass is 16.5. The summed E-state index contributed by atoms with van der Waals surface area (Å²) in [5, 5.41) is 10.7. The van der Waals surface area contributed by atoms with Crippen molar-refractivity contribution in [1.82, 2.24) is 4.90 Å². The topological polar surface area (TPSA) is 32.7 Å². The van der Waals surface area contributed by atoms with Crippen molar-refractivity contribution < 1.29 is 9.84 Å². The Morgan fingerprint density at radius 1 is 1.05 bits per heavy atom. The molecular weight excluding hydrogens is 262 g/mol. The maximum Gasteiger partial charge on any atom is 0.119 e. The van der Waals surface area contributed by atoms with Gasteiger partial charge >= 0.3 is 0 Å². The van der Waals surface area contributed by atoms with Crippen molar-refractivity contribution in [3.8, 4) is 5.75 Å². The highest BCUT2D eigenvalue weighted by molar-refractivity contribution is 5.42. The fraction of sp³-hybridized carbons (Fsp3) is 0.333. The number of hydrogen-bond acceptors (Lipinski definition) is 3. The van der Waals surface area contributed by atoms with Crippen LogP contribution in [-0.2, 0) is 19.5 Å². The number of ether oxygens (including phenoxy) is 1. The second kappa shape index (κ2) is 4.86. The van der Waals surface area contributed by atoms with Crippen molar-refractivity contribution in [1.29, 1.82) is 0 Å². The summed E-state index contributed by atoms with van der Waals surface area (Å²) in [6.45, 7) is 1.87. The first-order valence-electron chi connectivity index (χ1n) is 7.42. The molecule has 1 N–H and O–H groups in total. The normalized spacial score (nSPS) is 23.9. The third kappa shape index (κ3) is 2.04. The molecule has 1 heterocycles. The molecule has 21 heavy (non-hydrogen) atoms. The minimum Gasteiger partial charge on any atom is -0.497 e. The van der Waals surface area contributed by atoms with E-state index in [1.54, 1.807) is 7.11 Å². The van der Waals surface area contributed by atoms with Crippen molar-refractivity contribution in [3.63, 3.8) is 0 Å². The lowest BCUT2D eigenvalue weighted by molar-refractivity contribution is 0.0586. The number of aliphatic hydroxyl groups is 1. The van der Waals surface area contributed by atoms with E-state index >= 15 is 0 Å². The van der Waals surface area contributed by atoms with E-state index in [0.717, 1.165) is 30.8 Å². The van der Waals surface area contributed by atoms with Crippen LogP contribution in [0.25, 0.3) is 0 Å². The summed E-state index contributed by atoms with van der Waals surface area (Å²) >= 11 is 0. The Kier molecular flexibility index (Phi) is 2.98. The molecule has 1 aliphatic carbocycles. The van der Waals surface area contributed by atoms with Gasteiger partial charge in [0.15, 0.2) is 0 Å². The Hall–Kier alpha value is -1.84. The lowest BCUT2D eigenvalue weighted by Gasteiger charge is -2.26. The SMILES string of the molecule is COc1ccc2c(c1)C(O)C(N1Cc3ccccc3C1)C2. The summed E-state index contributed by atoms with van der Waals surface area (Å²) in [7, 11) is 1.66. The maximum atomic E-state index is 10.7. The van der Waals surface area contributed by atoms with Gasteiger partial charge < -0.3 is 9.84 Å². The molecular formula is C18H19NO2. The van der Waals surface area contributed by atoms with Crippen LogP contribution in [-0.4, -0.2) is 23.2 Å². The minimum absolute atomic E-state index is 0.166. The Bertz CT molecular complexity index is 658. The van der Waals surface area contributed by atoms with Gasteiger partial charge in [-0.05, 0) is 40.8 Å². The Labute approximate surface area is 124 Å². The van der Waals surface area contributed by atoms with Gasteiger partial charge in [0, 0.05) is 19.1 Å². The highest BCUT2D eigenvalue weighted by Gasteiger charge is 2.37. The predicted octanol–water partition coefficient (Wildman–Crippen LogP) is 2.67. The Morgan fingerprint density at radius 3 is 2.43 bits per heavy atom. The first-order chi connectivity index (χ1) is 10.3. The van der Waals surface area contributed by atoms with Crippen LogP contribution in [0.4, 0.5) is 0 Å². The molecule has 108 valence electrons. The molecule has 0 aromatic heterocycles. The summed E-state index contributed by atoms with van der Waals surface area (Å²) < 4.78 is 5.27. The first-order valence-corrected chi connectivity index (χ1v) is 7.42. The summed E-state index contributed by atoms with van der Waals surface area (Å²) in [6.07, 6.45) is 0.485. The molecule has 3 nitrogen and oxygen atoms in total. The fourth-order valence-corrected chi connectivity index (χ4v) is 3.63. The molecule has 3 heteroatoms. The van der Waals surface area contributed by atoms with E-state index in [-0.39, 0.29) is 6.04 Å². The van der Waals surface area contributed by atoms with Crippen LogP contribution in [0.5, 0.6) is 5.75 Å².